The number of halogens is 1. The monoisotopic (exact) mass is 251 g/mol. The molecule has 5 nitrogen and oxygen atoms in total. The van der Waals surface area contributed by atoms with E-state index in [9.17, 15) is 14.0 Å². The van der Waals surface area contributed by atoms with Crippen LogP contribution in [0.2, 0.25) is 0 Å². The molecule has 1 aliphatic heterocycles. The average molecular weight is 251 g/mol. The zero-order valence-electron chi connectivity index (χ0n) is 9.80. The lowest BCUT2D eigenvalue weighted by molar-refractivity contribution is -0.119. The minimum absolute atomic E-state index is 0.167. The molecule has 0 saturated carbocycles. The van der Waals surface area contributed by atoms with Gasteiger partial charge in [0.05, 0.1) is 5.69 Å². The fourth-order valence-corrected chi connectivity index (χ4v) is 1.79. The van der Waals surface area contributed by atoms with E-state index in [-0.39, 0.29) is 11.7 Å². The number of carbonyl (C=O) groups excluding carboxylic acids is 2. The first-order valence-corrected chi connectivity index (χ1v) is 5.70. The van der Waals surface area contributed by atoms with Gasteiger partial charge in [-0.3, -0.25) is 4.79 Å². The SMILES string of the molecule is O=CN1CCN(C(=O)Nc2ccccc2F)CC1. The van der Waals surface area contributed by atoms with E-state index in [1.54, 1.807) is 21.9 Å². The lowest BCUT2D eigenvalue weighted by Gasteiger charge is -2.32. The smallest absolute Gasteiger partial charge is 0.322 e. The number of carbonyl (C=O) groups is 2. The molecule has 1 aliphatic rings. The van der Waals surface area contributed by atoms with Gasteiger partial charge in [0.2, 0.25) is 6.41 Å². The van der Waals surface area contributed by atoms with Gasteiger partial charge in [-0.1, -0.05) is 12.1 Å². The molecular formula is C12H14FN3O2. The summed E-state index contributed by atoms with van der Waals surface area (Å²) >= 11 is 0. The Morgan fingerprint density at radius 2 is 1.89 bits per heavy atom. The third-order valence-electron chi connectivity index (χ3n) is 2.87. The molecule has 0 atom stereocenters. The van der Waals surface area contributed by atoms with Gasteiger partial charge in [0.25, 0.3) is 0 Å². The second-order valence-electron chi connectivity index (χ2n) is 4.04. The van der Waals surface area contributed by atoms with Crippen molar-refractivity contribution in [1.29, 1.82) is 0 Å². The minimum Gasteiger partial charge on any atom is -0.342 e. The van der Waals surface area contributed by atoms with Crippen LogP contribution in [0.15, 0.2) is 24.3 Å². The highest BCUT2D eigenvalue weighted by Crippen LogP contribution is 2.13. The third kappa shape index (κ3) is 2.77. The number of hydrogen-bond acceptors (Lipinski definition) is 2. The minimum atomic E-state index is -0.461. The predicted octanol–water partition coefficient (Wildman–Crippen LogP) is 1.13. The maximum Gasteiger partial charge on any atom is 0.322 e. The molecule has 0 unspecified atom stereocenters. The summed E-state index contributed by atoms with van der Waals surface area (Å²) in [4.78, 5) is 25.6. The van der Waals surface area contributed by atoms with E-state index in [0.29, 0.717) is 26.2 Å². The molecule has 18 heavy (non-hydrogen) atoms. The fourth-order valence-electron chi connectivity index (χ4n) is 1.79. The molecule has 6 heteroatoms. The summed E-state index contributed by atoms with van der Waals surface area (Å²) in [7, 11) is 0. The van der Waals surface area contributed by atoms with E-state index < -0.39 is 5.82 Å². The number of nitrogens with one attached hydrogen (secondary N) is 1. The van der Waals surface area contributed by atoms with Crippen molar-refractivity contribution < 1.29 is 14.0 Å². The molecule has 2 rings (SSSR count). The summed E-state index contributed by atoms with van der Waals surface area (Å²) in [5.41, 5.74) is 0.167. The van der Waals surface area contributed by atoms with Crippen molar-refractivity contribution in [3.8, 4) is 0 Å². The quantitative estimate of drug-likeness (QED) is 0.801. The highest BCUT2D eigenvalue weighted by molar-refractivity contribution is 5.89. The van der Waals surface area contributed by atoms with Crippen molar-refractivity contribution in [2.45, 2.75) is 0 Å². The average Bonchev–Trinajstić information content (AvgIpc) is 2.41. The summed E-state index contributed by atoms with van der Waals surface area (Å²) in [5, 5.41) is 2.52. The lowest BCUT2D eigenvalue weighted by Crippen LogP contribution is -2.49. The molecule has 0 bridgehead atoms. The number of amides is 3. The molecule has 1 aromatic carbocycles. The third-order valence-corrected chi connectivity index (χ3v) is 2.87. The van der Waals surface area contributed by atoms with Crippen LogP contribution in [0.1, 0.15) is 0 Å². The van der Waals surface area contributed by atoms with E-state index >= 15 is 0 Å². The summed E-state index contributed by atoms with van der Waals surface area (Å²) < 4.78 is 13.3. The van der Waals surface area contributed by atoms with Crippen molar-refractivity contribution >= 4 is 18.1 Å². The number of piperazine rings is 1. The highest BCUT2D eigenvalue weighted by atomic mass is 19.1. The van der Waals surface area contributed by atoms with E-state index in [0.717, 1.165) is 6.41 Å². The maximum atomic E-state index is 13.3. The molecule has 0 radical (unpaired) electrons. The number of nitrogens with zero attached hydrogens (tertiary/aromatic N) is 2. The second kappa shape index (κ2) is 5.48. The van der Waals surface area contributed by atoms with Crippen LogP contribution in [0.4, 0.5) is 14.9 Å². The van der Waals surface area contributed by atoms with Crippen molar-refractivity contribution in [2.75, 3.05) is 31.5 Å². The molecule has 3 amide bonds. The standard InChI is InChI=1S/C12H14FN3O2/c13-10-3-1-2-4-11(10)14-12(18)16-7-5-15(9-17)6-8-16/h1-4,9H,5-8H2,(H,14,18). The summed E-state index contributed by atoms with van der Waals surface area (Å²) in [6.45, 7) is 1.93. The zero-order valence-corrected chi connectivity index (χ0v) is 9.80. The Labute approximate surface area is 104 Å². The highest BCUT2D eigenvalue weighted by Gasteiger charge is 2.20. The summed E-state index contributed by atoms with van der Waals surface area (Å²) in [6, 6.07) is 5.68. The first-order chi connectivity index (χ1) is 8.70. The van der Waals surface area contributed by atoms with Gasteiger partial charge in [-0.05, 0) is 12.1 Å². The van der Waals surface area contributed by atoms with Gasteiger partial charge < -0.3 is 15.1 Å². The predicted molar refractivity (Wildman–Crippen MR) is 64.6 cm³/mol. The van der Waals surface area contributed by atoms with Gasteiger partial charge in [0.1, 0.15) is 5.82 Å². The molecular weight excluding hydrogens is 237 g/mol. The van der Waals surface area contributed by atoms with E-state index in [1.165, 1.54) is 12.1 Å². The molecule has 1 fully saturated rings. The van der Waals surface area contributed by atoms with Crippen LogP contribution in [-0.4, -0.2) is 48.4 Å². The Balaban J connectivity index is 1.93. The van der Waals surface area contributed by atoms with Crippen LogP contribution in [0.5, 0.6) is 0 Å². The molecule has 0 aromatic heterocycles. The van der Waals surface area contributed by atoms with Crippen molar-refractivity contribution in [1.82, 2.24) is 9.80 Å². The number of rotatable bonds is 2. The Hall–Kier alpha value is -2.11. The number of hydrogen-bond donors (Lipinski definition) is 1. The molecule has 1 aromatic rings. The first kappa shape index (κ1) is 12.3. The first-order valence-electron chi connectivity index (χ1n) is 5.70. The molecule has 1 heterocycles. The Bertz CT molecular complexity index is 445. The van der Waals surface area contributed by atoms with Crippen LogP contribution < -0.4 is 5.32 Å². The largest absolute Gasteiger partial charge is 0.342 e. The number of benzene rings is 1. The summed E-state index contributed by atoms with van der Waals surface area (Å²) in [6.07, 6.45) is 0.770. The van der Waals surface area contributed by atoms with Crippen LogP contribution in [0.25, 0.3) is 0 Å². The van der Waals surface area contributed by atoms with Crippen molar-refractivity contribution in [2.24, 2.45) is 0 Å². The van der Waals surface area contributed by atoms with Gasteiger partial charge in [0.15, 0.2) is 0 Å². The van der Waals surface area contributed by atoms with Crippen LogP contribution in [0, 0.1) is 5.82 Å². The second-order valence-corrected chi connectivity index (χ2v) is 4.04. The number of anilines is 1. The van der Waals surface area contributed by atoms with E-state index in [1.807, 2.05) is 0 Å². The van der Waals surface area contributed by atoms with Gasteiger partial charge in [0, 0.05) is 26.2 Å². The molecule has 0 spiro atoms. The Kier molecular flexibility index (Phi) is 3.76. The normalized spacial score (nSPS) is 15.4. The Morgan fingerprint density at radius 1 is 1.22 bits per heavy atom. The van der Waals surface area contributed by atoms with Crippen molar-refractivity contribution in [3.05, 3.63) is 30.1 Å². The lowest BCUT2D eigenvalue weighted by atomic mass is 10.3. The van der Waals surface area contributed by atoms with Crippen LogP contribution in [0.3, 0.4) is 0 Å². The topological polar surface area (TPSA) is 52.7 Å². The van der Waals surface area contributed by atoms with Gasteiger partial charge >= 0.3 is 6.03 Å². The summed E-state index contributed by atoms with van der Waals surface area (Å²) in [5.74, 6) is -0.461. The molecule has 1 saturated heterocycles. The molecule has 0 aliphatic carbocycles. The van der Waals surface area contributed by atoms with Crippen molar-refractivity contribution in [3.63, 3.8) is 0 Å². The van der Waals surface area contributed by atoms with E-state index in [4.69, 9.17) is 0 Å². The zero-order chi connectivity index (χ0) is 13.0. The van der Waals surface area contributed by atoms with Gasteiger partial charge in [-0.2, -0.15) is 0 Å². The number of urea groups is 1. The van der Waals surface area contributed by atoms with Crippen LogP contribution >= 0.6 is 0 Å². The Morgan fingerprint density at radius 3 is 2.50 bits per heavy atom. The molecule has 96 valence electrons. The van der Waals surface area contributed by atoms with Gasteiger partial charge in [-0.15, -0.1) is 0 Å². The van der Waals surface area contributed by atoms with E-state index in [2.05, 4.69) is 5.32 Å². The van der Waals surface area contributed by atoms with Crippen LogP contribution in [-0.2, 0) is 4.79 Å². The maximum absolute atomic E-state index is 13.3. The fraction of sp³-hybridized carbons (Fsp3) is 0.333. The van der Waals surface area contributed by atoms with Gasteiger partial charge in [-0.25, -0.2) is 9.18 Å². The number of para-hydroxylation sites is 1. The molecule has 1 N–H and O–H groups in total.